The highest BCUT2D eigenvalue weighted by molar-refractivity contribution is 5.31. The maximum absolute atomic E-state index is 5.87. The average molecular weight is 273 g/mol. The Labute approximate surface area is 123 Å². The van der Waals surface area contributed by atoms with Crippen molar-refractivity contribution in [1.29, 1.82) is 0 Å². The van der Waals surface area contributed by atoms with E-state index >= 15 is 0 Å². The number of rotatable bonds is 6. The molecule has 1 unspecified atom stereocenters. The van der Waals surface area contributed by atoms with Crippen molar-refractivity contribution in [1.82, 2.24) is 5.32 Å². The highest BCUT2D eigenvalue weighted by Crippen LogP contribution is 2.27. The van der Waals surface area contributed by atoms with Crippen LogP contribution in [0.2, 0.25) is 0 Å². The van der Waals surface area contributed by atoms with Gasteiger partial charge in [-0.1, -0.05) is 45.0 Å². The standard InChI is InChI=1S/C18H27NO/c1-4-12-19-18(17-7-5-6-13-20-17)16-10-8-15(9-11-16)14(2)3/h7-11,14,18-19H,4-6,12-13H2,1-3H3. The van der Waals surface area contributed by atoms with Crippen molar-refractivity contribution >= 4 is 0 Å². The van der Waals surface area contributed by atoms with Crippen molar-refractivity contribution in [2.75, 3.05) is 13.2 Å². The maximum atomic E-state index is 5.87. The van der Waals surface area contributed by atoms with Gasteiger partial charge in [-0.25, -0.2) is 0 Å². The molecule has 1 aromatic carbocycles. The number of nitrogens with one attached hydrogen (secondary N) is 1. The Hall–Kier alpha value is -1.28. The van der Waals surface area contributed by atoms with Gasteiger partial charge >= 0.3 is 0 Å². The van der Waals surface area contributed by atoms with Crippen LogP contribution in [-0.2, 0) is 4.74 Å². The van der Waals surface area contributed by atoms with Gasteiger partial charge in [0.05, 0.1) is 12.6 Å². The van der Waals surface area contributed by atoms with Crippen LogP contribution in [0.1, 0.15) is 63.1 Å². The van der Waals surface area contributed by atoms with Crippen molar-refractivity contribution in [2.45, 2.75) is 52.0 Å². The minimum Gasteiger partial charge on any atom is -0.496 e. The molecule has 2 nitrogen and oxygen atoms in total. The van der Waals surface area contributed by atoms with Crippen LogP contribution in [0, 0.1) is 0 Å². The Morgan fingerprint density at radius 3 is 2.40 bits per heavy atom. The molecule has 1 aliphatic rings. The molecule has 20 heavy (non-hydrogen) atoms. The molecule has 1 N–H and O–H groups in total. The largest absolute Gasteiger partial charge is 0.496 e. The predicted octanol–water partition coefficient (Wildman–Crippen LogP) is 4.55. The lowest BCUT2D eigenvalue weighted by Gasteiger charge is -2.25. The molecule has 0 spiro atoms. The minimum atomic E-state index is 0.205. The Morgan fingerprint density at radius 2 is 1.85 bits per heavy atom. The number of ether oxygens (including phenoxy) is 1. The van der Waals surface area contributed by atoms with Gasteiger partial charge in [-0.3, -0.25) is 0 Å². The van der Waals surface area contributed by atoms with Crippen molar-refractivity contribution < 1.29 is 4.74 Å². The molecule has 0 aliphatic carbocycles. The van der Waals surface area contributed by atoms with Crippen LogP contribution in [0.25, 0.3) is 0 Å². The van der Waals surface area contributed by atoms with Crippen LogP contribution in [0.3, 0.4) is 0 Å². The molecular weight excluding hydrogens is 246 g/mol. The summed E-state index contributed by atoms with van der Waals surface area (Å²) in [6.07, 6.45) is 5.64. The molecular formula is C18H27NO. The zero-order valence-corrected chi connectivity index (χ0v) is 13.0. The van der Waals surface area contributed by atoms with Crippen molar-refractivity contribution in [3.63, 3.8) is 0 Å². The molecule has 2 rings (SSSR count). The summed E-state index contributed by atoms with van der Waals surface area (Å²) in [6.45, 7) is 8.52. The SMILES string of the molecule is CCCNC(C1=CCCCO1)c1ccc(C(C)C)cc1. The van der Waals surface area contributed by atoms with Gasteiger partial charge < -0.3 is 10.1 Å². The highest BCUT2D eigenvalue weighted by atomic mass is 16.5. The van der Waals surface area contributed by atoms with Crippen LogP contribution < -0.4 is 5.32 Å². The summed E-state index contributed by atoms with van der Waals surface area (Å²) in [6, 6.07) is 9.16. The smallest absolute Gasteiger partial charge is 0.113 e. The lowest BCUT2D eigenvalue weighted by molar-refractivity contribution is 0.167. The Balaban J connectivity index is 2.18. The summed E-state index contributed by atoms with van der Waals surface area (Å²) in [4.78, 5) is 0. The van der Waals surface area contributed by atoms with E-state index in [4.69, 9.17) is 4.74 Å². The molecule has 110 valence electrons. The fourth-order valence-electron chi connectivity index (χ4n) is 2.52. The third-order valence-electron chi connectivity index (χ3n) is 3.78. The molecule has 1 heterocycles. The first-order valence-electron chi connectivity index (χ1n) is 7.88. The van der Waals surface area contributed by atoms with E-state index in [-0.39, 0.29) is 6.04 Å². The third-order valence-corrected chi connectivity index (χ3v) is 3.78. The van der Waals surface area contributed by atoms with Crippen LogP contribution in [-0.4, -0.2) is 13.2 Å². The molecule has 0 amide bonds. The number of benzene rings is 1. The fourth-order valence-corrected chi connectivity index (χ4v) is 2.52. The summed E-state index contributed by atoms with van der Waals surface area (Å²) in [5.41, 5.74) is 2.69. The number of hydrogen-bond acceptors (Lipinski definition) is 2. The summed E-state index contributed by atoms with van der Waals surface area (Å²) in [5, 5.41) is 3.61. The summed E-state index contributed by atoms with van der Waals surface area (Å²) >= 11 is 0. The molecule has 1 aliphatic heterocycles. The van der Waals surface area contributed by atoms with Gasteiger partial charge in [0.15, 0.2) is 0 Å². The van der Waals surface area contributed by atoms with E-state index in [2.05, 4.69) is 56.4 Å². The third kappa shape index (κ3) is 3.86. The van der Waals surface area contributed by atoms with Gasteiger partial charge in [0.1, 0.15) is 5.76 Å². The Bertz CT molecular complexity index is 433. The van der Waals surface area contributed by atoms with E-state index in [1.165, 1.54) is 11.1 Å². The van der Waals surface area contributed by atoms with E-state index in [0.717, 1.165) is 38.2 Å². The van der Waals surface area contributed by atoms with Crippen LogP contribution in [0.4, 0.5) is 0 Å². The van der Waals surface area contributed by atoms with Crippen molar-refractivity contribution in [2.24, 2.45) is 0 Å². The van der Waals surface area contributed by atoms with Gasteiger partial charge in [0.2, 0.25) is 0 Å². The average Bonchev–Trinajstić information content (AvgIpc) is 2.49. The van der Waals surface area contributed by atoms with Gasteiger partial charge in [0, 0.05) is 0 Å². The normalized spacial score (nSPS) is 16.7. The maximum Gasteiger partial charge on any atom is 0.113 e. The molecule has 0 aromatic heterocycles. The Morgan fingerprint density at radius 1 is 1.15 bits per heavy atom. The van der Waals surface area contributed by atoms with Gasteiger partial charge in [-0.2, -0.15) is 0 Å². The summed E-state index contributed by atoms with van der Waals surface area (Å²) in [5.74, 6) is 1.68. The topological polar surface area (TPSA) is 21.3 Å². The zero-order valence-electron chi connectivity index (χ0n) is 13.0. The lowest BCUT2D eigenvalue weighted by Crippen LogP contribution is -2.26. The molecule has 0 fully saturated rings. The van der Waals surface area contributed by atoms with E-state index < -0.39 is 0 Å². The van der Waals surface area contributed by atoms with E-state index in [9.17, 15) is 0 Å². The highest BCUT2D eigenvalue weighted by Gasteiger charge is 2.19. The predicted molar refractivity (Wildman–Crippen MR) is 84.8 cm³/mol. The minimum absolute atomic E-state index is 0.205. The van der Waals surface area contributed by atoms with Gasteiger partial charge in [-0.15, -0.1) is 0 Å². The second-order valence-electron chi connectivity index (χ2n) is 5.81. The van der Waals surface area contributed by atoms with E-state index in [1.54, 1.807) is 0 Å². The lowest BCUT2D eigenvalue weighted by atomic mass is 9.97. The summed E-state index contributed by atoms with van der Waals surface area (Å²) in [7, 11) is 0. The fraction of sp³-hybridized carbons (Fsp3) is 0.556. The van der Waals surface area contributed by atoms with E-state index in [1.807, 2.05) is 0 Å². The zero-order chi connectivity index (χ0) is 14.4. The van der Waals surface area contributed by atoms with Crippen LogP contribution >= 0.6 is 0 Å². The van der Waals surface area contributed by atoms with Gasteiger partial charge in [-0.05, 0) is 48.9 Å². The monoisotopic (exact) mass is 273 g/mol. The molecule has 1 atom stereocenters. The van der Waals surface area contributed by atoms with E-state index in [0.29, 0.717) is 5.92 Å². The summed E-state index contributed by atoms with van der Waals surface area (Å²) < 4.78 is 5.87. The first-order chi connectivity index (χ1) is 9.72. The first kappa shape index (κ1) is 15.1. The molecule has 0 saturated heterocycles. The second-order valence-corrected chi connectivity index (χ2v) is 5.81. The molecule has 2 heteroatoms. The Kier molecular flexibility index (Phi) is 5.66. The first-order valence-corrected chi connectivity index (χ1v) is 7.88. The number of hydrogen-bond donors (Lipinski definition) is 1. The molecule has 0 saturated carbocycles. The molecule has 0 radical (unpaired) electrons. The van der Waals surface area contributed by atoms with Crippen LogP contribution in [0.5, 0.6) is 0 Å². The quantitative estimate of drug-likeness (QED) is 0.821. The second kappa shape index (κ2) is 7.49. The van der Waals surface area contributed by atoms with Crippen LogP contribution in [0.15, 0.2) is 36.1 Å². The van der Waals surface area contributed by atoms with Gasteiger partial charge in [0.25, 0.3) is 0 Å². The van der Waals surface area contributed by atoms with Crippen molar-refractivity contribution in [3.05, 3.63) is 47.2 Å². The molecule has 0 bridgehead atoms. The van der Waals surface area contributed by atoms with Crippen molar-refractivity contribution in [3.8, 4) is 0 Å². The number of allylic oxidation sites excluding steroid dienone is 1. The molecule has 1 aromatic rings.